The normalized spacial score (nSPS) is 20.2. The van der Waals surface area contributed by atoms with E-state index in [1.165, 1.54) is 22.3 Å². The molecule has 0 radical (unpaired) electrons. The summed E-state index contributed by atoms with van der Waals surface area (Å²) in [6, 6.07) is 25.9. The quantitative estimate of drug-likeness (QED) is 0.584. The second-order valence-corrected chi connectivity index (χ2v) is 7.62. The summed E-state index contributed by atoms with van der Waals surface area (Å²) in [6.45, 7) is 4.29. The lowest BCUT2D eigenvalue weighted by molar-refractivity contribution is -0.0190. The number of para-hydroxylation sites is 1. The minimum absolute atomic E-state index is 0.200. The van der Waals surface area contributed by atoms with Crippen molar-refractivity contribution >= 4 is 5.71 Å². The molecule has 3 heteroatoms. The van der Waals surface area contributed by atoms with E-state index in [-0.39, 0.29) is 12.3 Å². The average molecular weight is 368 g/mol. The lowest BCUT2D eigenvalue weighted by Crippen LogP contribution is -2.33. The van der Waals surface area contributed by atoms with Crippen molar-refractivity contribution in [2.45, 2.75) is 39.0 Å². The highest BCUT2D eigenvalue weighted by atomic mass is 16.5. The van der Waals surface area contributed by atoms with Crippen LogP contribution in [0.2, 0.25) is 0 Å². The number of hydrogen-bond acceptors (Lipinski definition) is 3. The highest BCUT2D eigenvalue weighted by molar-refractivity contribution is 6.02. The van der Waals surface area contributed by atoms with Crippen LogP contribution in [0.3, 0.4) is 0 Å². The van der Waals surface area contributed by atoms with Gasteiger partial charge in [0.05, 0.1) is 11.8 Å². The highest BCUT2D eigenvalue weighted by Crippen LogP contribution is 2.47. The first-order valence-electron chi connectivity index (χ1n) is 10.00. The average Bonchev–Trinajstić information content (AvgIpc) is 3.19. The summed E-state index contributed by atoms with van der Waals surface area (Å²) in [6.07, 6.45) is 1.73. The smallest absolute Gasteiger partial charge is 0.213 e. The molecule has 2 heterocycles. The molecule has 2 aliphatic rings. The molecule has 0 aromatic heterocycles. The Bertz CT molecular complexity index is 1020. The molecule has 5 rings (SSSR count). The molecule has 2 atom stereocenters. The third kappa shape index (κ3) is 2.88. The van der Waals surface area contributed by atoms with E-state index >= 15 is 0 Å². The predicted octanol–water partition coefficient (Wildman–Crippen LogP) is 5.80. The Hall–Kier alpha value is -3.07. The van der Waals surface area contributed by atoms with Crippen LogP contribution < -0.4 is 4.74 Å². The number of benzene rings is 3. The van der Waals surface area contributed by atoms with Gasteiger partial charge in [-0.25, -0.2) is 5.01 Å². The molecule has 2 aliphatic heterocycles. The van der Waals surface area contributed by atoms with E-state index in [2.05, 4.69) is 85.6 Å². The molecule has 0 spiro atoms. The second kappa shape index (κ2) is 6.83. The molecule has 0 saturated carbocycles. The Labute approximate surface area is 166 Å². The minimum atomic E-state index is -0.200. The molecular weight excluding hydrogens is 344 g/mol. The molecular formula is C25H24N2O. The molecule has 0 unspecified atom stereocenters. The molecule has 0 aliphatic carbocycles. The third-order valence-electron chi connectivity index (χ3n) is 5.76. The van der Waals surface area contributed by atoms with Gasteiger partial charge in [-0.3, -0.25) is 0 Å². The summed E-state index contributed by atoms with van der Waals surface area (Å²) >= 11 is 0. The molecule has 0 fully saturated rings. The van der Waals surface area contributed by atoms with Crippen molar-refractivity contribution in [3.8, 4) is 5.75 Å². The highest BCUT2D eigenvalue weighted by Gasteiger charge is 2.40. The maximum atomic E-state index is 6.43. The molecule has 140 valence electrons. The minimum Gasteiger partial charge on any atom is -0.464 e. The van der Waals surface area contributed by atoms with E-state index in [0.717, 1.165) is 29.9 Å². The van der Waals surface area contributed by atoms with Crippen molar-refractivity contribution in [1.82, 2.24) is 5.01 Å². The molecule has 3 nitrogen and oxygen atoms in total. The van der Waals surface area contributed by atoms with E-state index < -0.39 is 0 Å². The Morgan fingerprint density at radius 1 is 0.964 bits per heavy atom. The summed E-state index contributed by atoms with van der Waals surface area (Å²) in [4.78, 5) is 0. The van der Waals surface area contributed by atoms with Gasteiger partial charge in [-0.15, -0.1) is 0 Å². The van der Waals surface area contributed by atoms with Crippen LogP contribution in [0.25, 0.3) is 0 Å². The summed E-state index contributed by atoms with van der Waals surface area (Å²) in [7, 11) is 0. The fourth-order valence-corrected chi connectivity index (χ4v) is 4.09. The Balaban J connectivity index is 1.56. The summed E-state index contributed by atoms with van der Waals surface area (Å²) in [5.41, 5.74) is 7.28. The summed E-state index contributed by atoms with van der Waals surface area (Å²) in [5.74, 6) is 0.966. The van der Waals surface area contributed by atoms with Crippen LogP contribution in [0.4, 0.5) is 0 Å². The van der Waals surface area contributed by atoms with Gasteiger partial charge in [0.1, 0.15) is 5.75 Å². The lowest BCUT2D eigenvalue weighted by Gasteiger charge is -2.38. The van der Waals surface area contributed by atoms with Crippen LogP contribution >= 0.6 is 0 Å². The first-order valence-corrected chi connectivity index (χ1v) is 10.00. The Morgan fingerprint density at radius 3 is 2.46 bits per heavy atom. The van der Waals surface area contributed by atoms with Crippen LogP contribution in [-0.4, -0.2) is 10.7 Å². The molecule has 28 heavy (non-hydrogen) atoms. The van der Waals surface area contributed by atoms with Crippen LogP contribution in [0.1, 0.15) is 53.4 Å². The third-order valence-corrected chi connectivity index (χ3v) is 5.76. The number of hydrogen-bond donors (Lipinski definition) is 0. The molecule has 0 bridgehead atoms. The zero-order chi connectivity index (χ0) is 19.1. The van der Waals surface area contributed by atoms with Crippen LogP contribution in [0.5, 0.6) is 5.75 Å². The zero-order valence-electron chi connectivity index (χ0n) is 16.3. The number of fused-ring (bicyclic) bond motifs is 3. The van der Waals surface area contributed by atoms with Crippen molar-refractivity contribution in [2.24, 2.45) is 5.10 Å². The van der Waals surface area contributed by atoms with E-state index in [0.29, 0.717) is 0 Å². The van der Waals surface area contributed by atoms with Gasteiger partial charge in [0.25, 0.3) is 0 Å². The molecule has 0 saturated heterocycles. The van der Waals surface area contributed by atoms with Crippen molar-refractivity contribution in [3.63, 3.8) is 0 Å². The van der Waals surface area contributed by atoms with Crippen molar-refractivity contribution < 1.29 is 4.74 Å². The van der Waals surface area contributed by atoms with E-state index in [1.54, 1.807) is 0 Å². The van der Waals surface area contributed by atoms with Crippen molar-refractivity contribution in [2.75, 3.05) is 0 Å². The largest absolute Gasteiger partial charge is 0.464 e. The first-order chi connectivity index (χ1) is 13.7. The van der Waals surface area contributed by atoms with E-state index in [9.17, 15) is 0 Å². The van der Waals surface area contributed by atoms with Gasteiger partial charge in [-0.05, 0) is 30.5 Å². The molecule has 0 N–H and O–H groups in total. The molecule has 0 amide bonds. The number of hydrazone groups is 1. The Morgan fingerprint density at radius 2 is 1.71 bits per heavy atom. The van der Waals surface area contributed by atoms with E-state index in [4.69, 9.17) is 9.84 Å². The standard InChI is InChI=1S/C25H24N2O/c1-3-18-10-14-20(15-11-18)25-27-23(21-6-4-5-7-24(21)28-25)16-22(26-27)19-12-8-17(2)9-13-19/h4-15,23,25H,3,16H2,1-2H3/t23-,25+/m0/s1. The van der Waals surface area contributed by atoms with Crippen molar-refractivity contribution in [1.29, 1.82) is 0 Å². The second-order valence-electron chi connectivity index (χ2n) is 7.62. The molecule has 3 aromatic carbocycles. The van der Waals surface area contributed by atoms with Crippen LogP contribution in [-0.2, 0) is 6.42 Å². The van der Waals surface area contributed by atoms with Gasteiger partial charge < -0.3 is 4.74 Å². The lowest BCUT2D eigenvalue weighted by atomic mass is 9.95. The first kappa shape index (κ1) is 17.1. The van der Waals surface area contributed by atoms with Crippen molar-refractivity contribution in [3.05, 3.63) is 101 Å². The van der Waals surface area contributed by atoms with Gasteiger partial charge in [0.2, 0.25) is 6.23 Å². The van der Waals surface area contributed by atoms with Gasteiger partial charge >= 0.3 is 0 Å². The van der Waals surface area contributed by atoms with Crippen LogP contribution in [0.15, 0.2) is 77.9 Å². The van der Waals surface area contributed by atoms with Gasteiger partial charge in [-0.2, -0.15) is 5.10 Å². The number of ether oxygens (including phenoxy) is 1. The fraction of sp³-hybridized carbons (Fsp3) is 0.240. The zero-order valence-corrected chi connectivity index (χ0v) is 16.3. The topological polar surface area (TPSA) is 24.8 Å². The maximum absolute atomic E-state index is 6.43. The number of nitrogens with zero attached hydrogens (tertiary/aromatic N) is 2. The van der Waals surface area contributed by atoms with Gasteiger partial charge in [0, 0.05) is 17.5 Å². The Kier molecular flexibility index (Phi) is 4.16. The number of rotatable bonds is 3. The molecule has 3 aromatic rings. The predicted molar refractivity (Wildman–Crippen MR) is 113 cm³/mol. The monoisotopic (exact) mass is 368 g/mol. The van der Waals surface area contributed by atoms with E-state index in [1.807, 2.05) is 6.07 Å². The fourth-order valence-electron chi connectivity index (χ4n) is 4.09. The summed E-state index contributed by atoms with van der Waals surface area (Å²) in [5, 5.41) is 7.19. The van der Waals surface area contributed by atoms with Gasteiger partial charge in [-0.1, -0.05) is 79.2 Å². The maximum Gasteiger partial charge on any atom is 0.213 e. The van der Waals surface area contributed by atoms with Gasteiger partial charge in [0.15, 0.2) is 0 Å². The SMILES string of the molecule is CCc1ccc([C@H]2Oc3ccccc3[C@@H]3CC(c4ccc(C)cc4)=NN23)cc1. The summed E-state index contributed by atoms with van der Waals surface area (Å²) < 4.78 is 6.43. The number of aryl methyl sites for hydroxylation is 2. The van der Waals surface area contributed by atoms with Crippen LogP contribution in [0, 0.1) is 6.92 Å².